The second-order valence-corrected chi connectivity index (χ2v) is 7.54. The Hall–Kier alpha value is -1.88. The van der Waals surface area contributed by atoms with Crippen LogP contribution >= 0.6 is 0 Å². The van der Waals surface area contributed by atoms with Crippen LogP contribution < -0.4 is 10.1 Å². The van der Waals surface area contributed by atoms with Gasteiger partial charge in [-0.15, -0.1) is 0 Å². The maximum absolute atomic E-state index is 12.3. The van der Waals surface area contributed by atoms with E-state index in [1.165, 1.54) is 12.8 Å². The molecule has 3 rings (SSSR count). The average Bonchev–Trinajstić information content (AvgIpc) is 3.48. The summed E-state index contributed by atoms with van der Waals surface area (Å²) in [7, 11) is 0. The Bertz CT molecular complexity index is 619. The van der Waals surface area contributed by atoms with Crippen molar-refractivity contribution in [2.45, 2.75) is 51.5 Å². The molecule has 0 bridgehead atoms. The maximum atomic E-state index is 12.3. The first-order valence-corrected chi connectivity index (χ1v) is 9.87. The van der Waals surface area contributed by atoms with E-state index in [1.807, 2.05) is 17.0 Å². The van der Waals surface area contributed by atoms with Gasteiger partial charge in [-0.2, -0.15) is 0 Å². The molecule has 0 radical (unpaired) electrons. The molecule has 5 nitrogen and oxygen atoms in total. The maximum Gasteiger partial charge on any atom is 0.222 e. The molecular weight excluding hydrogens is 328 g/mol. The number of likely N-dealkylation sites (tertiary alicyclic amines) is 1. The molecule has 1 aliphatic carbocycles. The number of ketones is 1. The Morgan fingerprint density at radius 3 is 2.65 bits per heavy atom. The van der Waals surface area contributed by atoms with Gasteiger partial charge in [0.05, 0.1) is 6.61 Å². The monoisotopic (exact) mass is 358 g/mol. The van der Waals surface area contributed by atoms with Gasteiger partial charge in [-0.3, -0.25) is 9.59 Å². The van der Waals surface area contributed by atoms with Gasteiger partial charge in [0.15, 0.2) is 5.78 Å². The van der Waals surface area contributed by atoms with E-state index in [2.05, 4.69) is 5.32 Å². The molecule has 1 aromatic rings. The summed E-state index contributed by atoms with van der Waals surface area (Å²) in [6, 6.07) is 7.77. The summed E-state index contributed by atoms with van der Waals surface area (Å²) < 4.78 is 5.68. The summed E-state index contributed by atoms with van der Waals surface area (Å²) in [6.07, 6.45) is 6.10. The fourth-order valence-corrected chi connectivity index (χ4v) is 3.36. The quantitative estimate of drug-likeness (QED) is 0.544. The van der Waals surface area contributed by atoms with Crippen molar-refractivity contribution in [1.29, 1.82) is 0 Å². The number of hydrogen-bond acceptors (Lipinski definition) is 4. The molecule has 0 aromatic heterocycles. The predicted octanol–water partition coefficient (Wildman–Crippen LogP) is 3.04. The van der Waals surface area contributed by atoms with E-state index in [0.29, 0.717) is 36.8 Å². The summed E-state index contributed by atoms with van der Waals surface area (Å²) in [6.45, 7) is 4.92. The molecule has 0 atom stereocenters. The van der Waals surface area contributed by atoms with E-state index in [-0.39, 0.29) is 11.7 Å². The summed E-state index contributed by atoms with van der Waals surface area (Å²) in [5.41, 5.74) is 0.650. The Labute approximate surface area is 156 Å². The highest BCUT2D eigenvalue weighted by molar-refractivity contribution is 5.94. The minimum atomic E-state index is 0.0284. The molecule has 2 aliphatic rings. The second kappa shape index (κ2) is 9.17. The zero-order valence-corrected chi connectivity index (χ0v) is 15.7. The molecule has 142 valence electrons. The van der Waals surface area contributed by atoms with Gasteiger partial charge in [0.2, 0.25) is 5.91 Å². The second-order valence-electron chi connectivity index (χ2n) is 7.54. The van der Waals surface area contributed by atoms with E-state index in [4.69, 9.17) is 4.74 Å². The molecule has 2 fully saturated rings. The molecule has 26 heavy (non-hydrogen) atoms. The summed E-state index contributed by atoms with van der Waals surface area (Å²) in [5.74, 6) is 1.85. The lowest BCUT2D eigenvalue weighted by Crippen LogP contribution is -2.45. The van der Waals surface area contributed by atoms with Gasteiger partial charge in [-0.25, -0.2) is 0 Å². The number of carbonyl (C=O) groups is 2. The van der Waals surface area contributed by atoms with E-state index < -0.39 is 0 Å². The van der Waals surface area contributed by atoms with Crippen molar-refractivity contribution in [2.24, 2.45) is 5.92 Å². The van der Waals surface area contributed by atoms with Gasteiger partial charge >= 0.3 is 0 Å². The van der Waals surface area contributed by atoms with Crippen molar-refractivity contribution in [3.05, 3.63) is 29.8 Å². The number of rotatable bonds is 9. The third-order valence-electron chi connectivity index (χ3n) is 5.28. The largest absolute Gasteiger partial charge is 0.494 e. The van der Waals surface area contributed by atoms with E-state index in [1.54, 1.807) is 19.1 Å². The first kappa shape index (κ1) is 18.9. The minimum absolute atomic E-state index is 0.0284. The summed E-state index contributed by atoms with van der Waals surface area (Å²) in [4.78, 5) is 25.7. The van der Waals surface area contributed by atoms with Gasteiger partial charge in [-0.1, -0.05) is 12.1 Å². The number of piperidine rings is 1. The molecule has 1 N–H and O–H groups in total. The van der Waals surface area contributed by atoms with Gasteiger partial charge in [0.1, 0.15) is 5.75 Å². The topological polar surface area (TPSA) is 58.6 Å². The van der Waals surface area contributed by atoms with E-state index in [9.17, 15) is 9.59 Å². The molecule has 0 spiro atoms. The van der Waals surface area contributed by atoms with Crippen LogP contribution in [0, 0.1) is 5.92 Å². The number of ether oxygens (including phenoxy) is 1. The first-order chi connectivity index (χ1) is 12.6. The Balaban J connectivity index is 1.30. The van der Waals surface area contributed by atoms with Crippen molar-refractivity contribution in [3.63, 3.8) is 0 Å². The molecular formula is C21H30N2O3. The van der Waals surface area contributed by atoms with Gasteiger partial charge < -0.3 is 15.0 Å². The van der Waals surface area contributed by atoms with Crippen LogP contribution in [0.2, 0.25) is 0 Å². The van der Waals surface area contributed by atoms with Crippen LogP contribution in [0.4, 0.5) is 0 Å². The van der Waals surface area contributed by atoms with Gasteiger partial charge in [-0.05, 0) is 63.6 Å². The van der Waals surface area contributed by atoms with Crippen LogP contribution in [0.1, 0.15) is 55.8 Å². The van der Waals surface area contributed by atoms with Crippen molar-refractivity contribution < 1.29 is 14.3 Å². The smallest absolute Gasteiger partial charge is 0.222 e. The fourth-order valence-electron chi connectivity index (χ4n) is 3.36. The summed E-state index contributed by atoms with van der Waals surface area (Å²) in [5, 5.41) is 3.64. The molecule has 1 aromatic carbocycles. The van der Waals surface area contributed by atoms with Crippen LogP contribution in [0.3, 0.4) is 0 Å². The number of nitrogens with one attached hydrogen (secondary N) is 1. The van der Waals surface area contributed by atoms with E-state index >= 15 is 0 Å². The Kier molecular flexibility index (Phi) is 6.67. The highest BCUT2D eigenvalue weighted by Crippen LogP contribution is 2.28. The summed E-state index contributed by atoms with van der Waals surface area (Å²) >= 11 is 0. The van der Waals surface area contributed by atoms with Gasteiger partial charge in [0.25, 0.3) is 0 Å². The lowest BCUT2D eigenvalue weighted by atomic mass is 10.0. The van der Waals surface area contributed by atoms with Gasteiger partial charge in [0, 0.05) is 31.1 Å². The molecule has 1 saturated heterocycles. The van der Waals surface area contributed by atoms with Crippen molar-refractivity contribution in [1.82, 2.24) is 10.2 Å². The number of nitrogens with zero attached hydrogens (tertiary/aromatic N) is 1. The zero-order chi connectivity index (χ0) is 18.4. The minimum Gasteiger partial charge on any atom is -0.494 e. The molecule has 1 saturated carbocycles. The fraction of sp³-hybridized carbons (Fsp3) is 0.619. The highest BCUT2D eigenvalue weighted by atomic mass is 16.5. The van der Waals surface area contributed by atoms with Crippen LogP contribution in [0.15, 0.2) is 24.3 Å². The first-order valence-electron chi connectivity index (χ1n) is 9.87. The highest BCUT2D eigenvalue weighted by Gasteiger charge is 2.25. The zero-order valence-electron chi connectivity index (χ0n) is 15.7. The average molecular weight is 358 g/mol. The number of hydrogen-bond donors (Lipinski definition) is 1. The predicted molar refractivity (Wildman–Crippen MR) is 102 cm³/mol. The molecule has 0 unspecified atom stereocenters. The van der Waals surface area contributed by atoms with Crippen molar-refractivity contribution in [3.8, 4) is 5.75 Å². The van der Waals surface area contributed by atoms with E-state index in [0.717, 1.165) is 38.4 Å². The number of carbonyl (C=O) groups excluding carboxylic acids is 2. The Morgan fingerprint density at radius 2 is 1.96 bits per heavy atom. The van der Waals surface area contributed by atoms with Crippen LogP contribution in [-0.2, 0) is 4.79 Å². The molecule has 1 heterocycles. The van der Waals surface area contributed by atoms with Crippen molar-refractivity contribution >= 4 is 11.7 Å². The van der Waals surface area contributed by atoms with Crippen LogP contribution in [0.25, 0.3) is 0 Å². The number of amides is 1. The van der Waals surface area contributed by atoms with Crippen LogP contribution in [0.5, 0.6) is 5.75 Å². The van der Waals surface area contributed by atoms with Crippen LogP contribution in [-0.4, -0.2) is 48.9 Å². The standard InChI is InChI=1S/C21H30N2O3/c1-16(24)18-4-2-5-20(14-18)26-13-3-6-21(25)23-11-9-19(10-12-23)22-15-17-7-8-17/h2,4-5,14,17,19,22H,3,6-13,15H2,1H3. The molecule has 5 heteroatoms. The normalized spacial score (nSPS) is 18.0. The molecule has 1 aliphatic heterocycles. The third-order valence-corrected chi connectivity index (χ3v) is 5.28. The third kappa shape index (κ3) is 5.84. The Morgan fingerprint density at radius 1 is 1.19 bits per heavy atom. The number of Topliss-reactive ketones (excluding diaryl/α,β-unsaturated/α-hetero) is 1. The lowest BCUT2D eigenvalue weighted by Gasteiger charge is -2.32. The lowest BCUT2D eigenvalue weighted by molar-refractivity contribution is -0.132. The molecule has 1 amide bonds. The van der Waals surface area contributed by atoms with Crippen molar-refractivity contribution in [2.75, 3.05) is 26.2 Å². The number of benzene rings is 1. The SMILES string of the molecule is CC(=O)c1cccc(OCCCC(=O)N2CCC(NCC3CC3)CC2)c1.